The Bertz CT molecular complexity index is 1480. The number of ether oxygens (including phenoxy) is 2. The summed E-state index contributed by atoms with van der Waals surface area (Å²) in [5.74, 6) is -0.334. The fraction of sp³-hybridized carbons (Fsp3) is 0.583. The molecule has 0 saturated carbocycles. The molecule has 0 unspecified atom stereocenters. The van der Waals surface area contributed by atoms with Gasteiger partial charge in [-0.2, -0.15) is 0 Å². The molecule has 4 aromatic rings. The third kappa shape index (κ3) is 4.46. The molecule has 0 aliphatic carbocycles. The highest BCUT2D eigenvalue weighted by Crippen LogP contribution is 2.39. The molecule has 6 heterocycles. The lowest BCUT2D eigenvalue weighted by Crippen LogP contribution is -2.20. The first kappa shape index (κ1) is 26.6. The zero-order chi connectivity index (χ0) is 27.1. The number of rotatable bonds is 4. The van der Waals surface area contributed by atoms with Crippen molar-refractivity contribution in [3.8, 4) is 0 Å². The third-order valence-corrected chi connectivity index (χ3v) is 7.66. The van der Waals surface area contributed by atoms with E-state index in [2.05, 4.69) is 29.9 Å². The minimum atomic E-state index is -1.14. The number of alkyl halides is 2. The van der Waals surface area contributed by atoms with Crippen LogP contribution in [0.1, 0.15) is 53.0 Å². The van der Waals surface area contributed by atoms with E-state index in [0.717, 1.165) is 12.8 Å². The Labute approximate surface area is 221 Å². The predicted molar refractivity (Wildman–Crippen MR) is 135 cm³/mol. The number of aromatic nitrogens is 8. The standard InChI is InChI=1S/C12H14ClFN4O.C12H15FN4O2/c1-3-7-6(2)8(14)12(19-7)18-5-17-9-10(13)15-4-16-11(9)18;1-3-7-6(2)8(13)12(19-7)17-5-16-9-10(17)14-4-15-11(9)18/h4-8,12H,3H2,1-2H3;4-8,12H,3H2,1-2H3,(H,14,15,18)/t2*6-,7-,8-,12-/m11/s1. The summed E-state index contributed by atoms with van der Waals surface area (Å²) in [5.41, 5.74) is 1.17. The van der Waals surface area contributed by atoms with Gasteiger partial charge in [0.2, 0.25) is 0 Å². The van der Waals surface area contributed by atoms with Gasteiger partial charge >= 0.3 is 0 Å². The second kappa shape index (κ2) is 10.6. The highest BCUT2D eigenvalue weighted by molar-refractivity contribution is 6.33. The summed E-state index contributed by atoms with van der Waals surface area (Å²) in [7, 11) is 0. The molecule has 0 spiro atoms. The van der Waals surface area contributed by atoms with E-state index in [9.17, 15) is 13.6 Å². The molecule has 0 amide bonds. The van der Waals surface area contributed by atoms with Crippen LogP contribution in [-0.4, -0.2) is 63.6 Å². The topological polar surface area (TPSA) is 126 Å². The summed E-state index contributed by atoms with van der Waals surface area (Å²) in [4.78, 5) is 34.2. The van der Waals surface area contributed by atoms with Gasteiger partial charge in [-0.1, -0.05) is 39.3 Å². The van der Waals surface area contributed by atoms with Gasteiger partial charge in [-0.15, -0.1) is 0 Å². The summed E-state index contributed by atoms with van der Waals surface area (Å²) in [5, 5.41) is 0.261. The Morgan fingerprint density at radius 2 is 1.39 bits per heavy atom. The highest BCUT2D eigenvalue weighted by Gasteiger charge is 2.44. The molecule has 0 aromatic carbocycles. The molecule has 2 aliphatic rings. The molecular formula is C24H29ClF2N8O3. The molecule has 204 valence electrons. The molecule has 2 aliphatic heterocycles. The quantitative estimate of drug-likeness (QED) is 0.375. The molecule has 8 atom stereocenters. The summed E-state index contributed by atoms with van der Waals surface area (Å²) in [6.45, 7) is 7.64. The minimum Gasteiger partial charge on any atom is -0.351 e. The smallest absolute Gasteiger partial charge is 0.278 e. The normalized spacial score (nSPS) is 31.1. The number of fused-ring (bicyclic) bond motifs is 2. The van der Waals surface area contributed by atoms with E-state index in [1.165, 1.54) is 29.9 Å². The van der Waals surface area contributed by atoms with Crippen molar-refractivity contribution >= 4 is 33.9 Å². The number of halogens is 3. The van der Waals surface area contributed by atoms with E-state index < -0.39 is 24.8 Å². The Morgan fingerprint density at radius 3 is 1.92 bits per heavy atom. The van der Waals surface area contributed by atoms with Crippen LogP contribution in [0, 0.1) is 11.8 Å². The summed E-state index contributed by atoms with van der Waals surface area (Å²) < 4.78 is 43.3. The van der Waals surface area contributed by atoms with Crippen LogP contribution in [0.2, 0.25) is 5.15 Å². The van der Waals surface area contributed by atoms with Crippen LogP contribution in [0.3, 0.4) is 0 Å². The van der Waals surface area contributed by atoms with Crippen LogP contribution in [-0.2, 0) is 9.47 Å². The molecule has 4 aromatic heterocycles. The monoisotopic (exact) mass is 550 g/mol. The molecule has 2 saturated heterocycles. The maximum atomic E-state index is 14.4. The average molecular weight is 551 g/mol. The van der Waals surface area contributed by atoms with Crippen molar-refractivity contribution in [2.24, 2.45) is 11.8 Å². The van der Waals surface area contributed by atoms with Crippen molar-refractivity contribution in [1.29, 1.82) is 0 Å². The maximum absolute atomic E-state index is 14.4. The number of hydrogen-bond acceptors (Lipinski definition) is 8. The van der Waals surface area contributed by atoms with Crippen molar-refractivity contribution in [2.75, 3.05) is 0 Å². The van der Waals surface area contributed by atoms with Crippen LogP contribution >= 0.6 is 11.6 Å². The van der Waals surface area contributed by atoms with E-state index in [4.69, 9.17) is 21.1 Å². The number of imidazole rings is 2. The van der Waals surface area contributed by atoms with Crippen molar-refractivity contribution in [1.82, 2.24) is 39.0 Å². The number of H-pyrrole nitrogens is 1. The molecular weight excluding hydrogens is 522 g/mol. The van der Waals surface area contributed by atoms with Crippen LogP contribution < -0.4 is 5.56 Å². The number of hydrogen-bond donors (Lipinski definition) is 1. The summed E-state index contributed by atoms with van der Waals surface area (Å²) in [6.07, 6.45) is 3.17. The molecule has 6 rings (SSSR count). The summed E-state index contributed by atoms with van der Waals surface area (Å²) in [6, 6.07) is 0. The summed E-state index contributed by atoms with van der Waals surface area (Å²) >= 11 is 5.94. The van der Waals surface area contributed by atoms with Crippen LogP contribution in [0.15, 0.2) is 30.1 Å². The fourth-order valence-electron chi connectivity index (χ4n) is 5.12. The van der Waals surface area contributed by atoms with Crippen molar-refractivity contribution < 1.29 is 18.3 Å². The molecule has 1 N–H and O–H groups in total. The molecule has 11 nitrogen and oxygen atoms in total. The number of nitrogens with one attached hydrogen (secondary N) is 1. The highest BCUT2D eigenvalue weighted by atomic mass is 35.5. The van der Waals surface area contributed by atoms with Crippen LogP contribution in [0.4, 0.5) is 8.78 Å². The van der Waals surface area contributed by atoms with E-state index in [1.807, 2.05) is 27.7 Å². The Kier molecular flexibility index (Phi) is 7.43. The third-order valence-electron chi connectivity index (χ3n) is 7.38. The fourth-order valence-corrected chi connectivity index (χ4v) is 5.30. The van der Waals surface area contributed by atoms with Crippen molar-refractivity contribution in [3.05, 3.63) is 40.8 Å². The lowest BCUT2D eigenvalue weighted by molar-refractivity contribution is -0.0187. The Morgan fingerprint density at radius 1 is 0.868 bits per heavy atom. The maximum Gasteiger partial charge on any atom is 0.278 e. The first-order chi connectivity index (χ1) is 18.3. The van der Waals surface area contributed by atoms with E-state index in [-0.39, 0.29) is 40.3 Å². The second-order valence-corrected chi connectivity index (χ2v) is 9.96. The largest absolute Gasteiger partial charge is 0.351 e. The van der Waals surface area contributed by atoms with Crippen molar-refractivity contribution in [2.45, 2.75) is 77.5 Å². The zero-order valence-corrected chi connectivity index (χ0v) is 22.1. The minimum absolute atomic E-state index is 0.0882. The SMILES string of the molecule is CC[C@H]1O[C@@H](n2cnc3c(=O)[nH]cnc32)[C@H](F)[C@@H]1C.CC[C@H]1O[C@@H](n2cnc3c(Cl)ncnc32)[C@H](F)[C@@H]1C. The first-order valence-electron chi connectivity index (χ1n) is 12.6. The van der Waals surface area contributed by atoms with Crippen LogP contribution in [0.5, 0.6) is 0 Å². The molecule has 0 radical (unpaired) electrons. The lowest BCUT2D eigenvalue weighted by atomic mass is 10.00. The van der Waals surface area contributed by atoms with Gasteiger partial charge in [0.05, 0.1) is 31.2 Å². The van der Waals surface area contributed by atoms with Gasteiger partial charge in [0.15, 0.2) is 46.8 Å². The van der Waals surface area contributed by atoms with Gasteiger partial charge < -0.3 is 14.5 Å². The first-order valence-corrected chi connectivity index (χ1v) is 13.0. The van der Waals surface area contributed by atoms with Gasteiger partial charge in [0, 0.05) is 11.8 Å². The molecule has 0 bridgehead atoms. The van der Waals surface area contributed by atoms with E-state index in [1.54, 1.807) is 4.57 Å². The van der Waals surface area contributed by atoms with Gasteiger partial charge in [0.25, 0.3) is 5.56 Å². The zero-order valence-electron chi connectivity index (χ0n) is 21.3. The van der Waals surface area contributed by atoms with Crippen LogP contribution in [0.25, 0.3) is 22.3 Å². The molecule has 2 fully saturated rings. The number of nitrogens with zero attached hydrogens (tertiary/aromatic N) is 7. The van der Waals surface area contributed by atoms with Gasteiger partial charge in [0.1, 0.15) is 11.8 Å². The van der Waals surface area contributed by atoms with Gasteiger partial charge in [-0.05, 0) is 12.8 Å². The predicted octanol–water partition coefficient (Wildman–Crippen LogP) is 4.16. The average Bonchev–Trinajstić information content (AvgIpc) is 3.67. The second-order valence-electron chi connectivity index (χ2n) is 9.60. The molecule has 14 heteroatoms. The van der Waals surface area contributed by atoms with Crippen molar-refractivity contribution in [3.63, 3.8) is 0 Å². The van der Waals surface area contributed by atoms with E-state index in [0.29, 0.717) is 16.8 Å². The lowest BCUT2D eigenvalue weighted by Gasteiger charge is -2.15. The van der Waals surface area contributed by atoms with E-state index >= 15 is 0 Å². The molecule has 38 heavy (non-hydrogen) atoms. The number of aromatic amines is 1. The Hall–Kier alpha value is -3.03. The van der Waals surface area contributed by atoms with Gasteiger partial charge in [-0.25, -0.2) is 33.7 Å². The Balaban J connectivity index is 0.000000155. The van der Waals surface area contributed by atoms with Gasteiger partial charge in [-0.3, -0.25) is 13.9 Å².